The van der Waals surface area contributed by atoms with Crippen molar-refractivity contribution in [1.82, 2.24) is 9.55 Å². The molecule has 0 saturated carbocycles. The third kappa shape index (κ3) is 9.19. The maximum Gasteiger partial charge on any atom is 0.473 e. The van der Waals surface area contributed by atoms with Gasteiger partial charge >= 0.3 is 21.1 Å². The van der Waals surface area contributed by atoms with Crippen LogP contribution in [0.5, 0.6) is 0 Å². The molecule has 16 heteroatoms. The smallest absolute Gasteiger partial charge is 0.390 e. The lowest BCUT2D eigenvalue weighted by Crippen LogP contribution is -2.34. The summed E-state index contributed by atoms with van der Waals surface area (Å²) in [4.78, 5) is 46.4. The molecule has 1 fully saturated rings. The van der Waals surface area contributed by atoms with Crippen molar-refractivity contribution in [1.29, 1.82) is 0 Å². The number of aromatic nitrogens is 2. The zero-order valence-corrected chi connectivity index (χ0v) is 24.8. The third-order valence-corrected chi connectivity index (χ3v) is 9.16. The normalized spacial score (nSPS) is 24.2. The number of phosphoric ester groups is 1. The van der Waals surface area contributed by atoms with Crippen molar-refractivity contribution in [2.24, 2.45) is 0 Å². The van der Waals surface area contributed by atoms with Gasteiger partial charge in [-0.3, -0.25) is 28.0 Å². The number of ether oxygens (including phenoxy) is 2. The molecule has 5 unspecified atom stereocenters. The summed E-state index contributed by atoms with van der Waals surface area (Å²) in [6, 6.07) is 0. The number of H-pyrrole nitrogens is 1. The van der Waals surface area contributed by atoms with Gasteiger partial charge in [-0.2, -0.15) is 0 Å². The van der Waals surface area contributed by atoms with Gasteiger partial charge in [0.25, 0.3) is 5.56 Å². The summed E-state index contributed by atoms with van der Waals surface area (Å²) in [5, 5.41) is 8.68. The molecule has 0 amide bonds. The lowest BCUT2D eigenvalue weighted by molar-refractivity contribution is -0.0524. The van der Waals surface area contributed by atoms with Crippen LogP contribution < -0.4 is 11.2 Å². The largest absolute Gasteiger partial charge is 0.473 e. The lowest BCUT2D eigenvalue weighted by atomic mass is 10.1. The van der Waals surface area contributed by atoms with Crippen molar-refractivity contribution in [3.05, 3.63) is 32.6 Å². The van der Waals surface area contributed by atoms with Crippen LogP contribution in [0.3, 0.4) is 0 Å². The molecule has 2 rings (SSSR count). The first-order valence-electron chi connectivity index (χ1n) is 12.1. The van der Waals surface area contributed by atoms with Gasteiger partial charge < -0.3 is 28.9 Å². The second kappa shape index (κ2) is 11.7. The predicted molar refractivity (Wildman–Crippen MR) is 137 cm³/mol. The second-order valence-corrected chi connectivity index (χ2v) is 15.0. The molecule has 14 nitrogen and oxygen atoms in total. The Morgan fingerprint density at radius 1 is 1.11 bits per heavy atom. The van der Waals surface area contributed by atoms with Gasteiger partial charge in [0.2, 0.25) is 0 Å². The van der Waals surface area contributed by atoms with Crippen LogP contribution in [-0.4, -0.2) is 66.4 Å². The number of aliphatic hydroxyl groups is 1. The molecule has 0 bridgehead atoms. The third-order valence-electron chi connectivity index (χ3n) is 5.67. The second-order valence-electron chi connectivity index (χ2n) is 11.3. The fraction of sp³-hybridized carbons (Fsp3) is 0.818. The number of phosphoric acid groups is 1. The van der Waals surface area contributed by atoms with Crippen molar-refractivity contribution in [3.8, 4) is 0 Å². The summed E-state index contributed by atoms with van der Waals surface area (Å²) < 4.78 is 53.2. The van der Waals surface area contributed by atoms with Crippen LogP contribution in [0.4, 0.5) is 0 Å². The molecule has 4 N–H and O–H groups in total. The molecule has 0 radical (unpaired) electrons. The highest BCUT2D eigenvalue weighted by Crippen LogP contribution is 2.56. The summed E-state index contributed by atoms with van der Waals surface area (Å²) in [6.07, 6.45) is -1.65. The quantitative estimate of drug-likeness (QED) is 0.262. The highest BCUT2D eigenvalue weighted by Gasteiger charge is 2.45. The van der Waals surface area contributed by atoms with Gasteiger partial charge in [0.1, 0.15) is 12.3 Å². The maximum absolute atomic E-state index is 13.0. The summed E-state index contributed by atoms with van der Waals surface area (Å²) in [5.41, 5.74) is -3.05. The summed E-state index contributed by atoms with van der Waals surface area (Å²) in [5.74, 6) is 0. The Balaban J connectivity index is 1.94. The van der Waals surface area contributed by atoms with E-state index in [2.05, 4.69) is 4.98 Å². The van der Waals surface area contributed by atoms with Gasteiger partial charge in [0.15, 0.2) is 5.34 Å². The highest BCUT2D eigenvalue weighted by atomic mass is 31.2. The van der Waals surface area contributed by atoms with E-state index in [4.69, 9.17) is 23.0 Å². The Labute approximate surface area is 221 Å². The Morgan fingerprint density at radius 2 is 1.71 bits per heavy atom. The van der Waals surface area contributed by atoms with E-state index in [1.54, 1.807) is 34.6 Å². The average Bonchev–Trinajstić information content (AvgIpc) is 3.06. The van der Waals surface area contributed by atoms with Crippen LogP contribution in [0.25, 0.3) is 0 Å². The fourth-order valence-electron chi connectivity index (χ4n) is 3.52. The van der Waals surface area contributed by atoms with E-state index < -0.39 is 68.3 Å². The Morgan fingerprint density at radius 3 is 2.29 bits per heavy atom. The minimum atomic E-state index is -4.44. The van der Waals surface area contributed by atoms with Crippen molar-refractivity contribution in [2.45, 2.75) is 103 Å². The highest BCUT2D eigenvalue weighted by molar-refractivity contribution is 7.54. The van der Waals surface area contributed by atoms with Crippen LogP contribution in [0.1, 0.15) is 73.1 Å². The number of aryl methyl sites for hydroxylation is 1. The number of aliphatic hydroxyl groups excluding tert-OH is 1. The zero-order chi connectivity index (χ0) is 29.3. The molecule has 5 atom stereocenters. The number of hydrogen-bond donors (Lipinski definition) is 4. The standard InChI is InChI=1S/C22H40N2O12P2/c1-14-12-24(19(27)23-18(14)26)17-11-15(25)16(34-17)13-33-37(28,29)22(7,8)32-10-9-21(5,6)36-38(30,31)35-20(2,3)4/h12,15-17,25H,9-11,13H2,1-8H3,(H,28,29)(H,30,31)(H,23,26,27). The first kappa shape index (κ1) is 33.0. The number of aromatic amines is 1. The number of nitrogens with one attached hydrogen (secondary N) is 1. The Bertz CT molecular complexity index is 1190. The van der Waals surface area contributed by atoms with Crippen LogP contribution >= 0.6 is 15.4 Å². The molecule has 0 spiro atoms. The molecular weight excluding hydrogens is 546 g/mol. The van der Waals surface area contributed by atoms with Gasteiger partial charge in [-0.25, -0.2) is 9.36 Å². The number of rotatable bonds is 12. The summed E-state index contributed by atoms with van der Waals surface area (Å²) in [7, 11) is -8.81. The molecule has 1 aromatic rings. The Kier molecular flexibility index (Phi) is 10.2. The first-order valence-corrected chi connectivity index (χ1v) is 15.1. The van der Waals surface area contributed by atoms with Crippen LogP contribution in [-0.2, 0) is 32.2 Å². The van der Waals surface area contributed by atoms with Gasteiger partial charge in [0, 0.05) is 18.2 Å². The summed E-state index contributed by atoms with van der Waals surface area (Å²) >= 11 is 0. The fourth-order valence-corrected chi connectivity index (χ4v) is 5.88. The lowest BCUT2D eigenvalue weighted by Gasteiger charge is -2.33. The van der Waals surface area contributed by atoms with E-state index >= 15 is 0 Å². The van der Waals surface area contributed by atoms with Crippen molar-refractivity contribution in [2.75, 3.05) is 13.2 Å². The van der Waals surface area contributed by atoms with Crippen molar-refractivity contribution in [3.63, 3.8) is 0 Å². The predicted octanol–water partition coefficient (Wildman–Crippen LogP) is 2.55. The van der Waals surface area contributed by atoms with Crippen LogP contribution in [0, 0.1) is 6.92 Å². The van der Waals surface area contributed by atoms with Crippen molar-refractivity contribution >= 4 is 15.4 Å². The van der Waals surface area contributed by atoms with Crippen LogP contribution in [0.15, 0.2) is 15.8 Å². The van der Waals surface area contributed by atoms with E-state index in [0.717, 1.165) is 4.57 Å². The Hall–Kier alpha value is -1.18. The minimum Gasteiger partial charge on any atom is -0.390 e. The van der Waals surface area contributed by atoms with E-state index in [-0.39, 0.29) is 25.0 Å². The maximum atomic E-state index is 13.0. The zero-order valence-electron chi connectivity index (χ0n) is 23.0. The molecule has 1 aromatic heterocycles. The summed E-state index contributed by atoms with van der Waals surface area (Å²) in [6.45, 7) is 11.5. The molecule has 0 aromatic carbocycles. The van der Waals surface area contributed by atoms with Gasteiger partial charge in [-0.1, -0.05) is 0 Å². The molecule has 38 heavy (non-hydrogen) atoms. The monoisotopic (exact) mass is 586 g/mol. The molecule has 1 aliphatic rings. The van der Waals surface area contributed by atoms with E-state index in [9.17, 15) is 33.6 Å². The molecule has 220 valence electrons. The molecule has 2 heterocycles. The van der Waals surface area contributed by atoms with Gasteiger partial charge in [-0.05, 0) is 61.8 Å². The topological polar surface area (TPSA) is 196 Å². The number of hydrogen-bond acceptors (Lipinski definition) is 10. The van der Waals surface area contributed by atoms with Crippen molar-refractivity contribution < 1.29 is 47.1 Å². The molecular formula is C22H40N2O12P2. The van der Waals surface area contributed by atoms with Gasteiger partial charge in [0.05, 0.1) is 30.5 Å². The molecule has 1 aliphatic heterocycles. The van der Waals surface area contributed by atoms with Gasteiger partial charge in [-0.15, -0.1) is 0 Å². The molecule has 1 saturated heterocycles. The molecule has 0 aliphatic carbocycles. The van der Waals surface area contributed by atoms with E-state index in [1.807, 2.05) is 0 Å². The van der Waals surface area contributed by atoms with E-state index in [0.29, 0.717) is 0 Å². The van der Waals surface area contributed by atoms with E-state index in [1.165, 1.54) is 27.0 Å². The van der Waals surface area contributed by atoms with Crippen LogP contribution in [0.2, 0.25) is 0 Å². The first-order chi connectivity index (χ1) is 17.0. The SMILES string of the molecule is Cc1cn(C2CC(O)C(COP(=O)(O)C(C)(C)OCCC(C)(C)OP(=O)(O)OC(C)(C)C)O2)c(=O)[nH]c1=O. The number of nitrogens with zero attached hydrogens (tertiary/aromatic N) is 1. The minimum absolute atomic E-state index is 0.00222. The average molecular weight is 587 g/mol.